The standard InChI is InChI=1S/C21H21IN6O/c1-15-3-2-4-18(23-15)24-19-9-10-20(26-25-19)27-11-13-28(14-12-27)21(29)16-5-7-17(22)8-6-16/h2-10H,11-14H2,1H3,(H,23,24,25). The van der Waals surface area contributed by atoms with Gasteiger partial charge in [-0.25, -0.2) is 4.98 Å². The van der Waals surface area contributed by atoms with Crippen molar-refractivity contribution < 1.29 is 4.79 Å². The van der Waals surface area contributed by atoms with Crippen LogP contribution in [0.3, 0.4) is 0 Å². The van der Waals surface area contributed by atoms with Crippen molar-refractivity contribution in [3.05, 3.63) is 69.4 Å². The van der Waals surface area contributed by atoms with Gasteiger partial charge in [0.1, 0.15) is 5.82 Å². The average molecular weight is 500 g/mol. The topological polar surface area (TPSA) is 74.2 Å². The van der Waals surface area contributed by atoms with Crippen LogP contribution in [0.15, 0.2) is 54.6 Å². The number of hydrogen-bond donors (Lipinski definition) is 1. The summed E-state index contributed by atoms with van der Waals surface area (Å²) < 4.78 is 1.12. The number of nitrogens with one attached hydrogen (secondary N) is 1. The molecule has 0 radical (unpaired) electrons. The van der Waals surface area contributed by atoms with Gasteiger partial charge in [-0.2, -0.15) is 0 Å². The van der Waals surface area contributed by atoms with E-state index in [1.165, 1.54) is 0 Å². The molecule has 1 fully saturated rings. The average Bonchev–Trinajstić information content (AvgIpc) is 2.75. The molecule has 2 aromatic heterocycles. The summed E-state index contributed by atoms with van der Waals surface area (Å²) >= 11 is 2.24. The third-order valence-electron chi connectivity index (χ3n) is 4.78. The Morgan fingerprint density at radius 1 is 0.931 bits per heavy atom. The van der Waals surface area contributed by atoms with Gasteiger partial charge in [0.05, 0.1) is 0 Å². The van der Waals surface area contributed by atoms with Crippen LogP contribution < -0.4 is 10.2 Å². The molecule has 1 saturated heterocycles. The summed E-state index contributed by atoms with van der Waals surface area (Å²) in [5, 5.41) is 11.8. The molecule has 0 atom stereocenters. The SMILES string of the molecule is Cc1cccc(Nc2ccc(N3CCN(C(=O)c4ccc(I)cc4)CC3)nn2)n1. The zero-order chi connectivity index (χ0) is 20.2. The first-order valence-corrected chi connectivity index (χ1v) is 10.5. The highest BCUT2D eigenvalue weighted by molar-refractivity contribution is 14.1. The molecule has 7 nitrogen and oxygen atoms in total. The maximum Gasteiger partial charge on any atom is 0.253 e. The van der Waals surface area contributed by atoms with Gasteiger partial charge in [-0.3, -0.25) is 4.79 Å². The number of anilines is 3. The third-order valence-corrected chi connectivity index (χ3v) is 5.50. The summed E-state index contributed by atoms with van der Waals surface area (Å²) in [6.07, 6.45) is 0. The molecule has 8 heteroatoms. The quantitative estimate of drug-likeness (QED) is 0.553. The summed E-state index contributed by atoms with van der Waals surface area (Å²) in [6, 6.07) is 17.3. The lowest BCUT2D eigenvalue weighted by Gasteiger charge is -2.35. The Hall–Kier alpha value is -2.75. The molecule has 0 saturated carbocycles. The second-order valence-electron chi connectivity index (χ2n) is 6.85. The number of halogens is 1. The van der Waals surface area contributed by atoms with Gasteiger partial charge in [0.2, 0.25) is 0 Å². The second kappa shape index (κ2) is 8.73. The smallest absolute Gasteiger partial charge is 0.253 e. The first-order chi connectivity index (χ1) is 14.1. The first kappa shape index (κ1) is 19.6. The Kier molecular flexibility index (Phi) is 5.89. The van der Waals surface area contributed by atoms with Crippen LogP contribution in [0.4, 0.5) is 17.5 Å². The van der Waals surface area contributed by atoms with Crippen molar-refractivity contribution in [3.8, 4) is 0 Å². The number of aromatic nitrogens is 3. The summed E-state index contributed by atoms with van der Waals surface area (Å²) in [7, 11) is 0. The fraction of sp³-hybridized carbons (Fsp3) is 0.238. The largest absolute Gasteiger partial charge is 0.352 e. The molecule has 0 spiro atoms. The second-order valence-corrected chi connectivity index (χ2v) is 8.10. The minimum atomic E-state index is 0.0809. The van der Waals surface area contributed by atoms with Crippen molar-refractivity contribution >= 4 is 46.0 Å². The Morgan fingerprint density at radius 3 is 2.34 bits per heavy atom. The molecule has 1 aliphatic rings. The number of pyridine rings is 1. The monoisotopic (exact) mass is 500 g/mol. The number of piperazine rings is 1. The fourth-order valence-electron chi connectivity index (χ4n) is 3.22. The summed E-state index contributed by atoms with van der Waals surface area (Å²) in [5.41, 5.74) is 1.68. The minimum Gasteiger partial charge on any atom is -0.352 e. The Labute approximate surface area is 183 Å². The van der Waals surface area contributed by atoms with Gasteiger partial charge in [-0.15, -0.1) is 10.2 Å². The zero-order valence-electron chi connectivity index (χ0n) is 16.0. The van der Waals surface area contributed by atoms with Crippen molar-refractivity contribution in [1.82, 2.24) is 20.1 Å². The lowest BCUT2D eigenvalue weighted by molar-refractivity contribution is 0.0746. The molecule has 1 aromatic carbocycles. The number of amides is 1. The highest BCUT2D eigenvalue weighted by Gasteiger charge is 2.23. The predicted molar refractivity (Wildman–Crippen MR) is 122 cm³/mol. The van der Waals surface area contributed by atoms with E-state index in [1.54, 1.807) is 0 Å². The van der Waals surface area contributed by atoms with E-state index in [-0.39, 0.29) is 5.91 Å². The molecule has 1 aliphatic heterocycles. The van der Waals surface area contributed by atoms with Crippen molar-refractivity contribution in [2.75, 3.05) is 36.4 Å². The van der Waals surface area contributed by atoms with Crippen LogP contribution >= 0.6 is 22.6 Å². The molecular formula is C21H21IN6O. The van der Waals surface area contributed by atoms with E-state index in [4.69, 9.17) is 0 Å². The van der Waals surface area contributed by atoms with Gasteiger partial charge in [0.15, 0.2) is 11.6 Å². The van der Waals surface area contributed by atoms with Gasteiger partial charge in [-0.1, -0.05) is 6.07 Å². The van der Waals surface area contributed by atoms with Crippen molar-refractivity contribution in [1.29, 1.82) is 0 Å². The highest BCUT2D eigenvalue weighted by atomic mass is 127. The number of hydrogen-bond acceptors (Lipinski definition) is 6. The van der Waals surface area contributed by atoms with Crippen LogP contribution in [0.5, 0.6) is 0 Å². The van der Waals surface area contributed by atoms with E-state index in [0.29, 0.717) is 18.9 Å². The molecular weight excluding hydrogens is 479 g/mol. The normalized spacial score (nSPS) is 14.0. The zero-order valence-corrected chi connectivity index (χ0v) is 18.2. The summed E-state index contributed by atoms with van der Waals surface area (Å²) in [4.78, 5) is 21.1. The van der Waals surface area contributed by atoms with Gasteiger partial charge in [0.25, 0.3) is 5.91 Å². The van der Waals surface area contributed by atoms with Crippen LogP contribution in [-0.4, -0.2) is 52.2 Å². The molecule has 3 heterocycles. The Bertz CT molecular complexity index is 985. The van der Waals surface area contributed by atoms with E-state index in [2.05, 4.69) is 48.0 Å². The van der Waals surface area contributed by atoms with Gasteiger partial charge in [0, 0.05) is 41.0 Å². The molecule has 0 aliphatic carbocycles. The van der Waals surface area contributed by atoms with Crippen LogP contribution in [0.1, 0.15) is 16.1 Å². The van der Waals surface area contributed by atoms with Crippen LogP contribution in [-0.2, 0) is 0 Å². The Balaban J connectivity index is 1.34. The predicted octanol–water partition coefficient (Wildman–Crippen LogP) is 3.49. The molecule has 1 amide bonds. The summed E-state index contributed by atoms with van der Waals surface area (Å²) in [6.45, 7) is 4.75. The third kappa shape index (κ3) is 4.81. The first-order valence-electron chi connectivity index (χ1n) is 9.43. The van der Waals surface area contributed by atoms with Crippen LogP contribution in [0.25, 0.3) is 0 Å². The molecule has 1 N–H and O–H groups in total. The molecule has 0 bridgehead atoms. The van der Waals surface area contributed by atoms with E-state index < -0.39 is 0 Å². The van der Waals surface area contributed by atoms with E-state index in [0.717, 1.165) is 39.6 Å². The minimum absolute atomic E-state index is 0.0809. The van der Waals surface area contributed by atoms with Gasteiger partial charge < -0.3 is 15.1 Å². The molecule has 148 valence electrons. The molecule has 3 aromatic rings. The molecule has 4 rings (SSSR count). The highest BCUT2D eigenvalue weighted by Crippen LogP contribution is 2.18. The van der Waals surface area contributed by atoms with E-state index in [9.17, 15) is 4.79 Å². The Morgan fingerprint density at radius 2 is 1.69 bits per heavy atom. The number of aryl methyl sites for hydroxylation is 1. The van der Waals surface area contributed by atoms with E-state index >= 15 is 0 Å². The van der Waals surface area contributed by atoms with E-state index in [1.807, 2.05) is 66.4 Å². The fourth-order valence-corrected chi connectivity index (χ4v) is 3.58. The lowest BCUT2D eigenvalue weighted by atomic mass is 10.2. The maximum absolute atomic E-state index is 12.7. The number of rotatable bonds is 4. The van der Waals surface area contributed by atoms with Crippen LogP contribution in [0.2, 0.25) is 0 Å². The molecule has 0 unspecified atom stereocenters. The number of carbonyl (C=O) groups is 1. The van der Waals surface area contributed by atoms with Crippen molar-refractivity contribution in [2.24, 2.45) is 0 Å². The summed E-state index contributed by atoms with van der Waals surface area (Å²) in [5.74, 6) is 2.29. The van der Waals surface area contributed by atoms with Crippen molar-refractivity contribution in [3.63, 3.8) is 0 Å². The van der Waals surface area contributed by atoms with Gasteiger partial charge >= 0.3 is 0 Å². The van der Waals surface area contributed by atoms with Gasteiger partial charge in [-0.05, 0) is 78.0 Å². The number of carbonyl (C=O) groups excluding carboxylic acids is 1. The number of benzene rings is 1. The van der Waals surface area contributed by atoms with Crippen LogP contribution in [0, 0.1) is 10.5 Å². The van der Waals surface area contributed by atoms with Crippen molar-refractivity contribution in [2.45, 2.75) is 6.92 Å². The lowest BCUT2D eigenvalue weighted by Crippen LogP contribution is -2.49. The number of nitrogens with zero attached hydrogens (tertiary/aromatic N) is 5. The molecule has 29 heavy (non-hydrogen) atoms. The maximum atomic E-state index is 12.7.